The van der Waals surface area contributed by atoms with E-state index in [4.69, 9.17) is 9.47 Å². The minimum absolute atomic E-state index is 0.0755. The van der Waals surface area contributed by atoms with Crippen molar-refractivity contribution in [1.29, 1.82) is 5.26 Å². The van der Waals surface area contributed by atoms with Gasteiger partial charge in [0.05, 0.1) is 23.7 Å². The summed E-state index contributed by atoms with van der Waals surface area (Å²) >= 11 is 3.45. The fraction of sp³-hybridized carbons (Fsp3) is 0.105. The number of rotatable bonds is 7. The zero-order valence-corrected chi connectivity index (χ0v) is 15.5. The number of hydrogen-bond donors (Lipinski definition) is 0. The lowest BCUT2D eigenvalue weighted by molar-refractivity contribution is -0.384. The Balaban J connectivity index is 2.49. The standard InChI is InChI=1S/C19H15BrN2O4/c1-3-7-26-19-11-17(20)14(10-18(19)25-2)8-15(12-21)13-5-4-6-16(9-13)22(23)24/h3-6,8-11H,1,7H2,2H3/b15-8+. The van der Waals surface area contributed by atoms with Gasteiger partial charge in [-0.1, -0.05) is 40.7 Å². The number of hydrogen-bond acceptors (Lipinski definition) is 5. The van der Waals surface area contributed by atoms with E-state index in [-0.39, 0.29) is 11.3 Å². The third-order valence-corrected chi connectivity index (χ3v) is 4.11. The van der Waals surface area contributed by atoms with Crippen LogP contribution in [0.3, 0.4) is 0 Å². The van der Waals surface area contributed by atoms with Gasteiger partial charge in [0.2, 0.25) is 0 Å². The van der Waals surface area contributed by atoms with Crippen LogP contribution in [0.4, 0.5) is 5.69 Å². The maximum Gasteiger partial charge on any atom is 0.270 e. The monoisotopic (exact) mass is 414 g/mol. The molecule has 0 unspecified atom stereocenters. The fourth-order valence-electron chi connectivity index (χ4n) is 2.21. The molecule has 6 nitrogen and oxygen atoms in total. The highest BCUT2D eigenvalue weighted by molar-refractivity contribution is 9.10. The summed E-state index contributed by atoms with van der Waals surface area (Å²) in [6, 6.07) is 11.5. The average Bonchev–Trinajstić information content (AvgIpc) is 2.65. The largest absolute Gasteiger partial charge is 0.493 e. The van der Waals surface area contributed by atoms with Crippen molar-refractivity contribution >= 4 is 33.3 Å². The van der Waals surface area contributed by atoms with Crippen LogP contribution in [0.15, 0.2) is 53.5 Å². The number of methoxy groups -OCH3 is 1. The molecule has 0 saturated heterocycles. The first-order valence-corrected chi connectivity index (χ1v) is 8.27. The van der Waals surface area contributed by atoms with Crippen LogP contribution in [-0.2, 0) is 0 Å². The van der Waals surface area contributed by atoms with Crippen molar-refractivity contribution in [2.24, 2.45) is 0 Å². The maximum atomic E-state index is 10.9. The van der Waals surface area contributed by atoms with Gasteiger partial charge in [0.25, 0.3) is 5.69 Å². The summed E-state index contributed by atoms with van der Waals surface area (Å²) in [5.74, 6) is 1.03. The Labute approximate surface area is 159 Å². The molecule has 0 spiro atoms. The van der Waals surface area contributed by atoms with Crippen molar-refractivity contribution in [3.05, 3.63) is 74.8 Å². The molecule has 0 bridgehead atoms. The number of nitro groups is 1. The van der Waals surface area contributed by atoms with Gasteiger partial charge in [-0.3, -0.25) is 10.1 Å². The molecular weight excluding hydrogens is 400 g/mol. The van der Waals surface area contributed by atoms with E-state index in [1.807, 2.05) is 0 Å². The SMILES string of the molecule is C=CCOc1cc(Br)c(/C=C(\C#N)c2cccc([N+](=O)[O-])c2)cc1OC. The molecule has 0 aliphatic rings. The van der Waals surface area contributed by atoms with E-state index in [0.29, 0.717) is 33.7 Å². The summed E-state index contributed by atoms with van der Waals surface area (Å²) in [4.78, 5) is 10.4. The van der Waals surface area contributed by atoms with Crippen LogP contribution in [0, 0.1) is 21.4 Å². The number of nitrogens with zero attached hydrogens (tertiary/aromatic N) is 2. The van der Waals surface area contributed by atoms with Crippen LogP contribution in [0.25, 0.3) is 11.6 Å². The number of nitro benzene ring substituents is 1. The molecule has 0 atom stereocenters. The predicted molar refractivity (Wildman–Crippen MR) is 103 cm³/mol. The van der Waals surface area contributed by atoms with Gasteiger partial charge in [-0.15, -0.1) is 0 Å². The first-order valence-electron chi connectivity index (χ1n) is 7.48. The molecule has 0 amide bonds. The van der Waals surface area contributed by atoms with Crippen molar-refractivity contribution in [1.82, 2.24) is 0 Å². The highest BCUT2D eigenvalue weighted by atomic mass is 79.9. The number of nitriles is 1. The summed E-state index contributed by atoms with van der Waals surface area (Å²) < 4.78 is 11.6. The summed E-state index contributed by atoms with van der Waals surface area (Å²) in [7, 11) is 1.52. The minimum atomic E-state index is -0.497. The lowest BCUT2D eigenvalue weighted by atomic mass is 10.0. The molecular formula is C19H15BrN2O4. The molecule has 0 N–H and O–H groups in total. The third kappa shape index (κ3) is 4.49. The van der Waals surface area contributed by atoms with Gasteiger partial charge in [0.1, 0.15) is 6.61 Å². The van der Waals surface area contributed by atoms with E-state index in [1.54, 1.807) is 36.4 Å². The zero-order valence-electron chi connectivity index (χ0n) is 13.9. The highest BCUT2D eigenvalue weighted by Gasteiger charge is 2.12. The van der Waals surface area contributed by atoms with Crippen LogP contribution in [0.2, 0.25) is 0 Å². The lowest BCUT2D eigenvalue weighted by Gasteiger charge is -2.12. The van der Waals surface area contributed by atoms with Crippen molar-refractivity contribution in [3.8, 4) is 17.6 Å². The minimum Gasteiger partial charge on any atom is -0.493 e. The summed E-state index contributed by atoms with van der Waals surface area (Å²) in [5.41, 5.74) is 1.35. The van der Waals surface area contributed by atoms with E-state index in [1.165, 1.54) is 19.2 Å². The Kier molecular flexibility index (Phi) is 6.53. The van der Waals surface area contributed by atoms with Crippen LogP contribution in [0.1, 0.15) is 11.1 Å². The first-order chi connectivity index (χ1) is 12.5. The molecule has 26 heavy (non-hydrogen) atoms. The number of non-ortho nitro benzene ring substituents is 1. The Morgan fingerprint density at radius 1 is 1.38 bits per heavy atom. The second kappa shape index (κ2) is 8.83. The van der Waals surface area contributed by atoms with Crippen molar-refractivity contribution in [2.45, 2.75) is 0 Å². The Morgan fingerprint density at radius 2 is 2.15 bits per heavy atom. The second-order valence-electron chi connectivity index (χ2n) is 5.10. The number of ether oxygens (including phenoxy) is 2. The number of halogens is 1. The third-order valence-electron chi connectivity index (χ3n) is 3.43. The van der Waals surface area contributed by atoms with E-state index in [9.17, 15) is 15.4 Å². The van der Waals surface area contributed by atoms with E-state index in [0.717, 1.165) is 0 Å². The summed E-state index contributed by atoms with van der Waals surface area (Å²) in [6.07, 6.45) is 3.25. The van der Waals surface area contributed by atoms with Gasteiger partial charge in [-0.25, -0.2) is 0 Å². The Morgan fingerprint density at radius 3 is 2.77 bits per heavy atom. The van der Waals surface area contributed by atoms with Gasteiger partial charge in [-0.05, 0) is 29.3 Å². The topological polar surface area (TPSA) is 85.4 Å². The molecule has 2 aromatic rings. The molecule has 0 saturated carbocycles. The van der Waals surface area contributed by atoms with Crippen molar-refractivity contribution in [2.75, 3.05) is 13.7 Å². The van der Waals surface area contributed by atoms with Gasteiger partial charge >= 0.3 is 0 Å². The first kappa shape index (κ1) is 19.2. The molecule has 2 aromatic carbocycles. The number of benzene rings is 2. The Hall–Kier alpha value is -3.11. The van der Waals surface area contributed by atoms with Crippen LogP contribution in [0.5, 0.6) is 11.5 Å². The molecule has 0 fully saturated rings. The van der Waals surface area contributed by atoms with E-state index >= 15 is 0 Å². The molecule has 0 heterocycles. The lowest BCUT2D eigenvalue weighted by Crippen LogP contribution is -1.97. The molecule has 0 aliphatic carbocycles. The van der Waals surface area contributed by atoms with Crippen molar-refractivity contribution < 1.29 is 14.4 Å². The van der Waals surface area contributed by atoms with E-state index in [2.05, 4.69) is 28.6 Å². The second-order valence-corrected chi connectivity index (χ2v) is 5.96. The molecule has 0 aliphatic heterocycles. The fourth-order valence-corrected chi connectivity index (χ4v) is 2.64. The molecule has 0 radical (unpaired) electrons. The number of allylic oxidation sites excluding steroid dienone is 1. The Bertz CT molecular complexity index is 916. The highest BCUT2D eigenvalue weighted by Crippen LogP contribution is 2.35. The molecule has 7 heteroatoms. The van der Waals surface area contributed by atoms with Gasteiger partial charge in [0, 0.05) is 16.6 Å². The maximum absolute atomic E-state index is 10.9. The van der Waals surface area contributed by atoms with Gasteiger partial charge in [-0.2, -0.15) is 5.26 Å². The van der Waals surface area contributed by atoms with Crippen LogP contribution < -0.4 is 9.47 Å². The molecule has 0 aromatic heterocycles. The molecule has 2 rings (SSSR count). The average molecular weight is 415 g/mol. The van der Waals surface area contributed by atoms with Crippen molar-refractivity contribution in [3.63, 3.8) is 0 Å². The van der Waals surface area contributed by atoms with E-state index < -0.39 is 4.92 Å². The van der Waals surface area contributed by atoms with Gasteiger partial charge in [0.15, 0.2) is 11.5 Å². The molecule has 132 valence electrons. The van der Waals surface area contributed by atoms with Gasteiger partial charge < -0.3 is 9.47 Å². The quantitative estimate of drug-likeness (QED) is 0.209. The van der Waals surface area contributed by atoms with Crippen LogP contribution >= 0.6 is 15.9 Å². The summed E-state index contributed by atoms with van der Waals surface area (Å²) in [5, 5.41) is 20.4. The smallest absolute Gasteiger partial charge is 0.270 e. The predicted octanol–water partition coefficient (Wildman–Crippen LogP) is 4.99. The summed E-state index contributed by atoms with van der Waals surface area (Å²) in [6.45, 7) is 3.93. The zero-order chi connectivity index (χ0) is 19.1. The van der Waals surface area contributed by atoms with Crippen LogP contribution in [-0.4, -0.2) is 18.6 Å². The normalized spacial score (nSPS) is 10.7.